The van der Waals surface area contributed by atoms with Crippen LogP contribution in [0.3, 0.4) is 0 Å². The van der Waals surface area contributed by atoms with E-state index in [-0.39, 0.29) is 17.3 Å². The molecule has 0 spiro atoms. The molecule has 20 heavy (non-hydrogen) atoms. The van der Waals surface area contributed by atoms with Gasteiger partial charge in [0.05, 0.1) is 23.0 Å². The molecule has 0 amide bonds. The number of hydrogen-bond acceptors (Lipinski definition) is 3. The molecule has 5 nitrogen and oxygen atoms in total. The summed E-state index contributed by atoms with van der Waals surface area (Å²) in [5.41, 5.74) is 1.39. The first-order chi connectivity index (χ1) is 9.57. The molecule has 7 heteroatoms. The zero-order valence-electron chi connectivity index (χ0n) is 11.1. The summed E-state index contributed by atoms with van der Waals surface area (Å²) in [6.45, 7) is 2.43. The number of aromatic amines is 1. The van der Waals surface area contributed by atoms with Gasteiger partial charge in [-0.2, -0.15) is 4.31 Å². The third-order valence-electron chi connectivity index (χ3n) is 2.92. The van der Waals surface area contributed by atoms with E-state index < -0.39 is 10.0 Å². The average Bonchev–Trinajstić information content (AvgIpc) is 2.95. The molecule has 0 saturated carbocycles. The molecule has 2 aromatic rings. The van der Waals surface area contributed by atoms with E-state index in [1.54, 1.807) is 31.3 Å². The van der Waals surface area contributed by atoms with Crippen molar-refractivity contribution in [3.05, 3.63) is 48.0 Å². The number of sulfonamides is 1. The first kappa shape index (κ1) is 15.0. The van der Waals surface area contributed by atoms with Crippen molar-refractivity contribution in [2.24, 2.45) is 0 Å². The van der Waals surface area contributed by atoms with Crippen LogP contribution in [0.5, 0.6) is 0 Å². The summed E-state index contributed by atoms with van der Waals surface area (Å²) in [5.74, 6) is 0.252. The fourth-order valence-electron chi connectivity index (χ4n) is 1.83. The molecule has 0 bridgehead atoms. The van der Waals surface area contributed by atoms with E-state index in [9.17, 15) is 8.42 Å². The predicted molar refractivity (Wildman–Crippen MR) is 77.9 cm³/mol. The molecule has 0 atom stereocenters. The van der Waals surface area contributed by atoms with Gasteiger partial charge in [-0.1, -0.05) is 13.0 Å². The molecule has 0 aromatic carbocycles. The normalized spacial score (nSPS) is 11.9. The van der Waals surface area contributed by atoms with E-state index in [0.29, 0.717) is 17.9 Å². The lowest BCUT2D eigenvalue weighted by atomic mass is 10.3. The predicted octanol–water partition coefficient (Wildman–Crippen LogP) is 2.36. The Balaban J connectivity index is 2.25. The van der Waals surface area contributed by atoms with Gasteiger partial charge in [0.1, 0.15) is 0 Å². The highest BCUT2D eigenvalue weighted by Gasteiger charge is 2.24. The van der Waals surface area contributed by atoms with E-state index in [2.05, 4.69) is 9.97 Å². The van der Waals surface area contributed by atoms with Gasteiger partial charge in [0.2, 0.25) is 10.0 Å². The van der Waals surface area contributed by atoms with Crippen molar-refractivity contribution in [2.75, 3.05) is 6.54 Å². The Kier molecular flexibility index (Phi) is 4.80. The zero-order chi connectivity index (χ0) is 14.6. The minimum atomic E-state index is -3.54. The third-order valence-corrected chi connectivity index (χ3v) is 5.10. The van der Waals surface area contributed by atoms with Crippen LogP contribution in [0.15, 0.2) is 41.6 Å². The number of pyridine rings is 1. The summed E-state index contributed by atoms with van der Waals surface area (Å²) < 4.78 is 26.4. The second kappa shape index (κ2) is 6.39. The van der Waals surface area contributed by atoms with Gasteiger partial charge in [0.15, 0.2) is 0 Å². The van der Waals surface area contributed by atoms with Crippen molar-refractivity contribution >= 4 is 21.6 Å². The summed E-state index contributed by atoms with van der Waals surface area (Å²) in [5, 5.41) is 0. The molecular weight excluding hydrogens is 298 g/mol. The minimum Gasteiger partial charge on any atom is -0.363 e. The van der Waals surface area contributed by atoms with Crippen LogP contribution < -0.4 is 0 Å². The van der Waals surface area contributed by atoms with Gasteiger partial charge in [-0.05, 0) is 18.2 Å². The van der Waals surface area contributed by atoms with Gasteiger partial charge in [-0.25, -0.2) is 8.42 Å². The van der Waals surface area contributed by atoms with Crippen LogP contribution in [-0.4, -0.2) is 29.2 Å². The Morgan fingerprint density at radius 1 is 1.40 bits per heavy atom. The van der Waals surface area contributed by atoms with Gasteiger partial charge in [-0.3, -0.25) is 4.98 Å². The molecule has 0 saturated heterocycles. The van der Waals surface area contributed by atoms with E-state index in [1.165, 1.54) is 10.5 Å². The summed E-state index contributed by atoms with van der Waals surface area (Å²) in [6, 6.07) is 7.00. The maximum absolute atomic E-state index is 12.5. The highest BCUT2D eigenvalue weighted by Crippen LogP contribution is 2.19. The topological polar surface area (TPSA) is 66.1 Å². The molecule has 2 aromatic heterocycles. The first-order valence-electron chi connectivity index (χ1n) is 6.21. The minimum absolute atomic E-state index is 0.228. The summed E-state index contributed by atoms with van der Waals surface area (Å²) in [6.07, 6.45) is 3.12. The van der Waals surface area contributed by atoms with Crippen LogP contribution in [0.25, 0.3) is 0 Å². The van der Waals surface area contributed by atoms with E-state index in [1.807, 2.05) is 6.07 Å². The van der Waals surface area contributed by atoms with Gasteiger partial charge < -0.3 is 4.98 Å². The highest BCUT2D eigenvalue weighted by atomic mass is 35.5. The lowest BCUT2D eigenvalue weighted by molar-refractivity contribution is 0.419. The lowest BCUT2D eigenvalue weighted by Crippen LogP contribution is -2.30. The maximum Gasteiger partial charge on any atom is 0.244 e. The summed E-state index contributed by atoms with van der Waals surface area (Å²) >= 11 is 5.68. The molecule has 108 valence electrons. The fourth-order valence-corrected chi connectivity index (χ4v) is 3.43. The Labute approximate surface area is 123 Å². The van der Waals surface area contributed by atoms with Gasteiger partial charge >= 0.3 is 0 Å². The van der Waals surface area contributed by atoms with Crippen molar-refractivity contribution in [1.82, 2.24) is 14.3 Å². The standard InChI is InChI=1S/C13H16ClN3O2S/c1-2-17(10-11-5-3-4-6-15-11)20(18,19)13-7-12(8-14)16-9-13/h3-7,9,16H,2,8,10H2,1H3. The summed E-state index contributed by atoms with van der Waals surface area (Å²) in [4.78, 5) is 7.24. The Bertz CT molecular complexity index is 655. The number of aromatic nitrogens is 2. The SMILES string of the molecule is CCN(Cc1ccccn1)S(=O)(=O)c1c[nH]c(CCl)c1. The molecule has 2 heterocycles. The molecule has 0 radical (unpaired) electrons. The van der Waals surface area contributed by atoms with Crippen LogP contribution in [0, 0.1) is 0 Å². The second-order valence-corrected chi connectivity index (χ2v) is 6.45. The molecule has 0 fully saturated rings. The highest BCUT2D eigenvalue weighted by molar-refractivity contribution is 7.89. The molecule has 0 aliphatic heterocycles. The quantitative estimate of drug-likeness (QED) is 0.833. The zero-order valence-corrected chi connectivity index (χ0v) is 12.7. The van der Waals surface area contributed by atoms with E-state index in [4.69, 9.17) is 11.6 Å². The van der Waals surface area contributed by atoms with Gasteiger partial charge in [0.25, 0.3) is 0 Å². The van der Waals surface area contributed by atoms with Crippen LogP contribution in [-0.2, 0) is 22.4 Å². The lowest BCUT2D eigenvalue weighted by Gasteiger charge is -2.19. The number of nitrogens with zero attached hydrogens (tertiary/aromatic N) is 2. The smallest absolute Gasteiger partial charge is 0.244 e. The largest absolute Gasteiger partial charge is 0.363 e. The first-order valence-corrected chi connectivity index (χ1v) is 8.18. The van der Waals surface area contributed by atoms with Crippen molar-refractivity contribution in [3.8, 4) is 0 Å². The number of alkyl halides is 1. The van der Waals surface area contributed by atoms with Gasteiger partial charge in [-0.15, -0.1) is 11.6 Å². The summed E-state index contributed by atoms with van der Waals surface area (Å²) in [7, 11) is -3.54. The molecule has 2 rings (SSSR count). The van der Waals surface area contributed by atoms with Crippen LogP contribution in [0.1, 0.15) is 18.3 Å². The van der Waals surface area contributed by atoms with Crippen molar-refractivity contribution in [3.63, 3.8) is 0 Å². The molecule has 0 unspecified atom stereocenters. The Morgan fingerprint density at radius 3 is 2.75 bits per heavy atom. The molecule has 1 N–H and O–H groups in total. The number of hydrogen-bond donors (Lipinski definition) is 1. The molecular formula is C13H16ClN3O2S. The monoisotopic (exact) mass is 313 g/mol. The number of nitrogens with one attached hydrogen (secondary N) is 1. The van der Waals surface area contributed by atoms with E-state index in [0.717, 1.165) is 0 Å². The van der Waals surface area contributed by atoms with Gasteiger partial charge in [0, 0.05) is 24.6 Å². The Hall–Kier alpha value is -1.37. The van der Waals surface area contributed by atoms with Crippen molar-refractivity contribution in [1.29, 1.82) is 0 Å². The van der Waals surface area contributed by atoms with Crippen LogP contribution >= 0.6 is 11.6 Å². The number of H-pyrrole nitrogens is 1. The third kappa shape index (κ3) is 3.20. The Morgan fingerprint density at radius 2 is 2.20 bits per heavy atom. The van der Waals surface area contributed by atoms with Crippen molar-refractivity contribution in [2.45, 2.75) is 24.2 Å². The second-order valence-electron chi connectivity index (χ2n) is 4.25. The van der Waals surface area contributed by atoms with Crippen LogP contribution in [0.4, 0.5) is 0 Å². The molecule has 0 aliphatic rings. The van der Waals surface area contributed by atoms with E-state index >= 15 is 0 Å². The fraction of sp³-hybridized carbons (Fsp3) is 0.308. The van der Waals surface area contributed by atoms with Crippen LogP contribution in [0.2, 0.25) is 0 Å². The maximum atomic E-state index is 12.5. The average molecular weight is 314 g/mol. The van der Waals surface area contributed by atoms with Crippen molar-refractivity contribution < 1.29 is 8.42 Å². The molecule has 0 aliphatic carbocycles. The number of halogens is 1. The number of rotatable bonds is 6.